The minimum absolute atomic E-state index is 0.231. The molecule has 0 aromatic rings. The van der Waals surface area contributed by atoms with E-state index in [4.69, 9.17) is 4.99 Å². The zero-order chi connectivity index (χ0) is 8.82. The average Bonchev–Trinajstić information content (AvgIpc) is 2.42. The molecule has 0 aromatic carbocycles. The van der Waals surface area contributed by atoms with Crippen LogP contribution in [0, 0.1) is 5.41 Å². The minimum Gasteiger partial charge on any atom is -0.288 e. The summed E-state index contributed by atoms with van der Waals surface area (Å²) in [5.41, 5.74) is 2.20. The summed E-state index contributed by atoms with van der Waals surface area (Å²) in [4.78, 5) is 4.77. The Bertz CT molecular complexity index is 219. The van der Waals surface area contributed by atoms with Gasteiger partial charge in [0.25, 0.3) is 0 Å². The summed E-state index contributed by atoms with van der Waals surface area (Å²) in [7, 11) is 0. The lowest BCUT2D eigenvalue weighted by Gasteiger charge is -2.25. The second kappa shape index (κ2) is 2.34. The van der Waals surface area contributed by atoms with Gasteiger partial charge in [-0.15, -0.1) is 0 Å². The Kier molecular flexibility index (Phi) is 1.61. The molecule has 68 valence electrons. The van der Waals surface area contributed by atoms with Crippen molar-refractivity contribution in [3.8, 4) is 0 Å². The van der Waals surface area contributed by atoms with Crippen molar-refractivity contribution in [1.82, 2.24) is 0 Å². The molecule has 0 bridgehead atoms. The Morgan fingerprint density at radius 1 is 1.17 bits per heavy atom. The van der Waals surface area contributed by atoms with Crippen LogP contribution in [0.2, 0.25) is 0 Å². The quantitative estimate of drug-likeness (QED) is 0.522. The topological polar surface area (TPSA) is 12.4 Å². The maximum Gasteiger partial charge on any atom is 0.0560 e. The zero-order valence-corrected chi connectivity index (χ0v) is 8.48. The van der Waals surface area contributed by atoms with Gasteiger partial charge in [-0.1, -0.05) is 12.8 Å². The molecule has 0 unspecified atom stereocenters. The molecule has 1 heterocycles. The predicted molar refractivity (Wildman–Crippen MR) is 52.7 cm³/mol. The monoisotopic (exact) mass is 165 g/mol. The van der Waals surface area contributed by atoms with Gasteiger partial charge in [-0.3, -0.25) is 4.99 Å². The van der Waals surface area contributed by atoms with E-state index in [9.17, 15) is 0 Å². The van der Waals surface area contributed by atoms with Crippen molar-refractivity contribution in [2.75, 3.05) is 0 Å². The van der Waals surface area contributed by atoms with E-state index in [1.54, 1.807) is 0 Å². The lowest BCUT2D eigenvalue weighted by atomic mass is 9.76. The summed E-state index contributed by atoms with van der Waals surface area (Å²) >= 11 is 0. The van der Waals surface area contributed by atoms with Crippen molar-refractivity contribution in [3.63, 3.8) is 0 Å². The Labute approximate surface area is 75.3 Å². The van der Waals surface area contributed by atoms with Gasteiger partial charge in [-0.2, -0.15) is 0 Å². The van der Waals surface area contributed by atoms with Gasteiger partial charge in [0.1, 0.15) is 0 Å². The van der Waals surface area contributed by atoms with Gasteiger partial charge in [0.2, 0.25) is 0 Å². The van der Waals surface area contributed by atoms with Crippen LogP contribution in [0.15, 0.2) is 4.99 Å². The largest absolute Gasteiger partial charge is 0.288 e. The van der Waals surface area contributed by atoms with Crippen molar-refractivity contribution in [2.45, 2.75) is 58.4 Å². The maximum absolute atomic E-state index is 4.77. The molecule has 1 nitrogen and oxygen atoms in total. The van der Waals surface area contributed by atoms with Crippen LogP contribution in [0.25, 0.3) is 0 Å². The zero-order valence-electron chi connectivity index (χ0n) is 8.48. The molecule has 1 aliphatic carbocycles. The summed E-state index contributed by atoms with van der Waals surface area (Å²) in [6.45, 7) is 6.77. The third-order valence-corrected chi connectivity index (χ3v) is 3.57. The molecular formula is C11H19N. The SMILES string of the molecule is CC1=NC(C)(C)CC12CCCC2. The molecule has 0 saturated heterocycles. The fraction of sp³-hybridized carbons (Fsp3) is 0.909. The van der Waals surface area contributed by atoms with Crippen LogP contribution in [0.1, 0.15) is 52.9 Å². The van der Waals surface area contributed by atoms with Crippen LogP contribution in [0.3, 0.4) is 0 Å². The molecule has 0 atom stereocenters. The van der Waals surface area contributed by atoms with E-state index >= 15 is 0 Å². The Morgan fingerprint density at radius 3 is 2.17 bits per heavy atom. The third kappa shape index (κ3) is 1.10. The number of hydrogen-bond donors (Lipinski definition) is 0. The highest BCUT2D eigenvalue weighted by molar-refractivity contribution is 5.90. The van der Waals surface area contributed by atoms with Gasteiger partial charge >= 0.3 is 0 Å². The van der Waals surface area contributed by atoms with Gasteiger partial charge in [0, 0.05) is 11.1 Å². The average molecular weight is 165 g/mol. The van der Waals surface area contributed by atoms with Crippen LogP contribution in [0.4, 0.5) is 0 Å². The standard InChI is InChI=1S/C11H19N/c1-9-11(6-4-5-7-11)8-10(2,3)12-9/h4-8H2,1-3H3. The lowest BCUT2D eigenvalue weighted by molar-refractivity contribution is 0.344. The van der Waals surface area contributed by atoms with E-state index in [0.29, 0.717) is 5.41 Å². The highest BCUT2D eigenvalue weighted by Gasteiger charge is 2.45. The number of nitrogens with zero attached hydrogens (tertiary/aromatic N) is 1. The molecule has 1 heteroatoms. The third-order valence-electron chi connectivity index (χ3n) is 3.57. The van der Waals surface area contributed by atoms with Gasteiger partial charge in [0.05, 0.1) is 5.54 Å². The highest BCUT2D eigenvalue weighted by Crippen LogP contribution is 2.50. The molecule has 2 aliphatic rings. The summed E-state index contributed by atoms with van der Waals surface area (Å²) in [6, 6.07) is 0. The Hall–Kier alpha value is -0.330. The number of aliphatic imine (C=N–C) groups is 1. The van der Waals surface area contributed by atoms with E-state index in [1.165, 1.54) is 37.8 Å². The first-order chi connectivity index (χ1) is 5.54. The van der Waals surface area contributed by atoms with Crippen molar-refractivity contribution in [2.24, 2.45) is 10.4 Å². The van der Waals surface area contributed by atoms with Gasteiger partial charge in [0.15, 0.2) is 0 Å². The fourth-order valence-electron chi connectivity index (χ4n) is 3.16. The molecule has 0 radical (unpaired) electrons. The Balaban J connectivity index is 2.26. The predicted octanol–water partition coefficient (Wildman–Crippen LogP) is 3.19. The molecule has 0 N–H and O–H groups in total. The van der Waals surface area contributed by atoms with Crippen LogP contribution in [-0.4, -0.2) is 11.3 Å². The molecule has 1 spiro atoms. The Morgan fingerprint density at radius 2 is 1.75 bits per heavy atom. The van der Waals surface area contributed by atoms with Gasteiger partial charge in [-0.05, 0) is 40.0 Å². The second-order valence-corrected chi connectivity index (χ2v) is 5.17. The molecular weight excluding hydrogens is 146 g/mol. The summed E-state index contributed by atoms with van der Waals surface area (Å²) < 4.78 is 0. The van der Waals surface area contributed by atoms with Crippen LogP contribution in [-0.2, 0) is 0 Å². The molecule has 1 aliphatic heterocycles. The smallest absolute Gasteiger partial charge is 0.0560 e. The lowest BCUT2D eigenvalue weighted by Crippen LogP contribution is -2.25. The summed E-state index contributed by atoms with van der Waals surface area (Å²) in [6.07, 6.45) is 6.93. The molecule has 1 fully saturated rings. The first-order valence-corrected chi connectivity index (χ1v) is 5.11. The van der Waals surface area contributed by atoms with E-state index in [2.05, 4.69) is 20.8 Å². The van der Waals surface area contributed by atoms with Crippen LogP contribution < -0.4 is 0 Å². The molecule has 12 heavy (non-hydrogen) atoms. The summed E-state index contributed by atoms with van der Waals surface area (Å²) in [5.74, 6) is 0. The van der Waals surface area contributed by atoms with Crippen LogP contribution >= 0.6 is 0 Å². The molecule has 2 rings (SSSR count). The normalized spacial score (nSPS) is 31.1. The van der Waals surface area contributed by atoms with Gasteiger partial charge in [-0.25, -0.2) is 0 Å². The first kappa shape index (κ1) is 8.28. The highest BCUT2D eigenvalue weighted by atomic mass is 14.9. The molecule has 0 amide bonds. The van der Waals surface area contributed by atoms with Crippen LogP contribution in [0.5, 0.6) is 0 Å². The van der Waals surface area contributed by atoms with Gasteiger partial charge < -0.3 is 0 Å². The number of hydrogen-bond acceptors (Lipinski definition) is 1. The van der Waals surface area contributed by atoms with E-state index in [0.717, 1.165) is 0 Å². The van der Waals surface area contributed by atoms with Crippen molar-refractivity contribution in [1.29, 1.82) is 0 Å². The molecule has 1 saturated carbocycles. The van der Waals surface area contributed by atoms with E-state index in [-0.39, 0.29) is 5.54 Å². The maximum atomic E-state index is 4.77. The number of rotatable bonds is 0. The van der Waals surface area contributed by atoms with Crippen molar-refractivity contribution < 1.29 is 0 Å². The van der Waals surface area contributed by atoms with Crippen molar-refractivity contribution >= 4 is 5.71 Å². The van der Waals surface area contributed by atoms with E-state index < -0.39 is 0 Å². The first-order valence-electron chi connectivity index (χ1n) is 5.11. The van der Waals surface area contributed by atoms with Crippen molar-refractivity contribution in [3.05, 3.63) is 0 Å². The van der Waals surface area contributed by atoms with E-state index in [1.807, 2.05) is 0 Å². The summed E-state index contributed by atoms with van der Waals surface area (Å²) in [5, 5.41) is 0. The minimum atomic E-state index is 0.231. The molecule has 0 aromatic heterocycles. The second-order valence-electron chi connectivity index (χ2n) is 5.17. The fourth-order valence-corrected chi connectivity index (χ4v) is 3.16.